The van der Waals surface area contributed by atoms with Crippen molar-refractivity contribution in [1.82, 2.24) is 0 Å². The van der Waals surface area contributed by atoms with E-state index in [1.165, 1.54) is 13.2 Å². The van der Waals surface area contributed by atoms with Gasteiger partial charge in [-0.2, -0.15) is 0 Å². The molecule has 4 rings (SSSR count). The number of benzene rings is 2. The Labute approximate surface area is 167 Å². The molecule has 0 aromatic heterocycles. The number of hydrogen-bond acceptors (Lipinski definition) is 6. The van der Waals surface area contributed by atoms with Gasteiger partial charge in [-0.1, -0.05) is 6.07 Å². The average Bonchev–Trinajstić information content (AvgIpc) is 3.54. The highest BCUT2D eigenvalue weighted by molar-refractivity contribution is 6.03. The normalized spacial score (nSPS) is 19.1. The summed E-state index contributed by atoms with van der Waals surface area (Å²) in [6, 6.07) is 11.7. The van der Waals surface area contributed by atoms with Crippen molar-refractivity contribution in [2.45, 2.75) is 6.42 Å². The monoisotopic (exact) mass is 396 g/mol. The van der Waals surface area contributed by atoms with Crippen molar-refractivity contribution < 1.29 is 28.6 Å². The first kappa shape index (κ1) is 18.8. The SMILES string of the molecule is COC(=O)c1cccc(NC(=O)C2CC2C(=O)Nc2ccc3c(c2)OCCO3)c1. The Morgan fingerprint density at radius 1 is 0.897 bits per heavy atom. The fourth-order valence-corrected chi connectivity index (χ4v) is 3.21. The van der Waals surface area contributed by atoms with Crippen LogP contribution >= 0.6 is 0 Å². The lowest BCUT2D eigenvalue weighted by Gasteiger charge is -2.19. The average molecular weight is 396 g/mol. The number of nitrogens with one attached hydrogen (secondary N) is 2. The highest BCUT2D eigenvalue weighted by Gasteiger charge is 2.48. The first-order chi connectivity index (χ1) is 14.0. The highest BCUT2D eigenvalue weighted by Crippen LogP contribution is 2.41. The topological polar surface area (TPSA) is 103 Å². The summed E-state index contributed by atoms with van der Waals surface area (Å²) in [6.45, 7) is 0.965. The third-order valence-electron chi connectivity index (χ3n) is 4.82. The first-order valence-corrected chi connectivity index (χ1v) is 9.25. The van der Waals surface area contributed by atoms with Crippen LogP contribution in [0.2, 0.25) is 0 Å². The van der Waals surface area contributed by atoms with Gasteiger partial charge in [-0.25, -0.2) is 4.79 Å². The van der Waals surface area contributed by atoms with Crippen LogP contribution in [0.3, 0.4) is 0 Å². The van der Waals surface area contributed by atoms with E-state index in [4.69, 9.17) is 9.47 Å². The minimum absolute atomic E-state index is 0.217. The minimum Gasteiger partial charge on any atom is -0.486 e. The second kappa shape index (κ2) is 7.83. The molecule has 0 radical (unpaired) electrons. The van der Waals surface area contributed by atoms with Gasteiger partial charge in [-0.05, 0) is 36.8 Å². The Morgan fingerprint density at radius 2 is 1.55 bits per heavy atom. The molecule has 2 aromatic carbocycles. The van der Waals surface area contributed by atoms with Gasteiger partial charge >= 0.3 is 5.97 Å². The van der Waals surface area contributed by atoms with E-state index < -0.39 is 17.8 Å². The largest absolute Gasteiger partial charge is 0.486 e. The first-order valence-electron chi connectivity index (χ1n) is 9.25. The van der Waals surface area contributed by atoms with E-state index in [2.05, 4.69) is 15.4 Å². The molecule has 2 N–H and O–H groups in total. The maximum Gasteiger partial charge on any atom is 0.337 e. The van der Waals surface area contributed by atoms with Crippen LogP contribution in [-0.2, 0) is 14.3 Å². The van der Waals surface area contributed by atoms with Crippen LogP contribution in [0.1, 0.15) is 16.8 Å². The summed E-state index contributed by atoms with van der Waals surface area (Å²) < 4.78 is 15.6. The summed E-state index contributed by atoms with van der Waals surface area (Å²) >= 11 is 0. The van der Waals surface area contributed by atoms with Crippen molar-refractivity contribution >= 4 is 29.2 Å². The van der Waals surface area contributed by atoms with E-state index in [9.17, 15) is 14.4 Å². The second-order valence-corrected chi connectivity index (χ2v) is 6.86. The second-order valence-electron chi connectivity index (χ2n) is 6.86. The Morgan fingerprint density at radius 3 is 2.24 bits per heavy atom. The molecule has 29 heavy (non-hydrogen) atoms. The number of carbonyl (C=O) groups excluding carboxylic acids is 3. The summed E-state index contributed by atoms with van der Waals surface area (Å²) in [7, 11) is 1.29. The molecule has 0 spiro atoms. The van der Waals surface area contributed by atoms with Gasteiger partial charge in [-0.15, -0.1) is 0 Å². The smallest absolute Gasteiger partial charge is 0.337 e. The van der Waals surface area contributed by atoms with Crippen LogP contribution in [-0.4, -0.2) is 38.1 Å². The number of methoxy groups -OCH3 is 1. The Bertz CT molecular complexity index is 973. The molecular formula is C21H20N2O6. The van der Waals surface area contributed by atoms with Gasteiger partial charge in [0.05, 0.1) is 24.5 Å². The molecule has 1 aliphatic carbocycles. The number of rotatable bonds is 5. The van der Waals surface area contributed by atoms with Gasteiger partial charge < -0.3 is 24.8 Å². The highest BCUT2D eigenvalue weighted by atomic mass is 16.6. The Balaban J connectivity index is 1.34. The number of fused-ring (bicyclic) bond motifs is 1. The maximum atomic E-state index is 12.5. The van der Waals surface area contributed by atoms with Crippen molar-refractivity contribution in [3.05, 3.63) is 48.0 Å². The lowest BCUT2D eigenvalue weighted by Crippen LogP contribution is -2.21. The summed E-state index contributed by atoms with van der Waals surface area (Å²) in [4.78, 5) is 36.5. The van der Waals surface area contributed by atoms with Crippen LogP contribution in [0, 0.1) is 11.8 Å². The van der Waals surface area contributed by atoms with Crippen LogP contribution in [0.4, 0.5) is 11.4 Å². The number of amides is 2. The Hall–Kier alpha value is -3.55. The van der Waals surface area contributed by atoms with E-state index in [0.717, 1.165) is 0 Å². The molecule has 2 atom stereocenters. The lowest BCUT2D eigenvalue weighted by atomic mass is 10.2. The van der Waals surface area contributed by atoms with Gasteiger partial charge in [0.25, 0.3) is 0 Å². The molecule has 0 saturated heterocycles. The third-order valence-corrected chi connectivity index (χ3v) is 4.82. The minimum atomic E-state index is -0.482. The lowest BCUT2D eigenvalue weighted by molar-refractivity contribution is -0.122. The van der Waals surface area contributed by atoms with Crippen molar-refractivity contribution in [3.8, 4) is 11.5 Å². The van der Waals surface area contributed by atoms with E-state index in [0.29, 0.717) is 48.1 Å². The predicted molar refractivity (Wildman–Crippen MR) is 104 cm³/mol. The molecule has 150 valence electrons. The van der Waals surface area contributed by atoms with Crippen LogP contribution in [0.25, 0.3) is 0 Å². The fourth-order valence-electron chi connectivity index (χ4n) is 3.21. The molecule has 1 fully saturated rings. The third kappa shape index (κ3) is 4.16. The summed E-state index contributed by atoms with van der Waals surface area (Å²) in [5.41, 5.74) is 1.42. The molecule has 1 saturated carbocycles. The van der Waals surface area contributed by atoms with Crippen molar-refractivity contribution in [2.75, 3.05) is 31.0 Å². The van der Waals surface area contributed by atoms with Crippen molar-refractivity contribution in [1.29, 1.82) is 0 Å². The van der Waals surface area contributed by atoms with Gasteiger partial charge in [0.2, 0.25) is 11.8 Å². The maximum absolute atomic E-state index is 12.5. The Kier molecular flexibility index (Phi) is 5.07. The quantitative estimate of drug-likeness (QED) is 0.753. The molecule has 0 bridgehead atoms. The van der Waals surface area contributed by atoms with Crippen molar-refractivity contribution in [3.63, 3.8) is 0 Å². The number of esters is 1. The molecule has 2 amide bonds. The number of hydrogen-bond donors (Lipinski definition) is 2. The molecule has 2 aliphatic rings. The summed E-state index contributed by atoms with van der Waals surface area (Å²) in [5.74, 6) is -0.526. The zero-order chi connectivity index (χ0) is 20.4. The molecule has 2 unspecified atom stereocenters. The predicted octanol–water partition coefficient (Wildman–Crippen LogP) is 2.46. The van der Waals surface area contributed by atoms with E-state index >= 15 is 0 Å². The van der Waals surface area contributed by atoms with Crippen molar-refractivity contribution in [2.24, 2.45) is 11.8 Å². The fraction of sp³-hybridized carbons (Fsp3) is 0.286. The van der Waals surface area contributed by atoms with Gasteiger partial charge in [-0.3, -0.25) is 9.59 Å². The number of carbonyl (C=O) groups is 3. The van der Waals surface area contributed by atoms with E-state index in [1.807, 2.05) is 0 Å². The molecular weight excluding hydrogens is 376 g/mol. The number of anilines is 2. The number of ether oxygens (including phenoxy) is 3. The van der Waals surface area contributed by atoms with Crippen LogP contribution < -0.4 is 20.1 Å². The van der Waals surface area contributed by atoms with E-state index in [-0.39, 0.29) is 11.8 Å². The van der Waals surface area contributed by atoms with Crippen LogP contribution in [0.5, 0.6) is 11.5 Å². The molecule has 8 heteroatoms. The zero-order valence-electron chi connectivity index (χ0n) is 15.8. The summed E-state index contributed by atoms with van der Waals surface area (Å²) in [5, 5.41) is 5.57. The van der Waals surface area contributed by atoms with E-state index in [1.54, 1.807) is 36.4 Å². The van der Waals surface area contributed by atoms with Gasteiger partial charge in [0.1, 0.15) is 13.2 Å². The summed E-state index contributed by atoms with van der Waals surface area (Å²) in [6.07, 6.45) is 0.471. The zero-order valence-corrected chi connectivity index (χ0v) is 15.8. The molecule has 1 heterocycles. The van der Waals surface area contributed by atoms with Crippen LogP contribution in [0.15, 0.2) is 42.5 Å². The standard InChI is InChI=1S/C21H20N2O6/c1-27-21(26)12-3-2-4-13(9-12)22-19(24)15-11-16(15)20(25)23-14-5-6-17-18(10-14)29-8-7-28-17/h2-6,9-10,15-16H,7-8,11H2,1H3,(H,22,24)(H,23,25). The van der Waals surface area contributed by atoms with Gasteiger partial charge in [0, 0.05) is 17.4 Å². The van der Waals surface area contributed by atoms with Gasteiger partial charge in [0.15, 0.2) is 11.5 Å². The molecule has 2 aromatic rings. The molecule has 1 aliphatic heterocycles. The molecule has 8 nitrogen and oxygen atoms in total.